The second-order valence-electron chi connectivity index (χ2n) is 5.05. The lowest BCUT2D eigenvalue weighted by Gasteiger charge is -2.09. The molecule has 1 heterocycles. The summed E-state index contributed by atoms with van der Waals surface area (Å²) < 4.78 is 1.67. The van der Waals surface area contributed by atoms with E-state index in [1.807, 2.05) is 26.1 Å². The first kappa shape index (κ1) is 12.0. The Morgan fingerprint density at radius 2 is 2.21 bits per heavy atom. The van der Waals surface area contributed by atoms with Gasteiger partial charge in [-0.3, -0.25) is 9.48 Å². The first-order chi connectivity index (χ1) is 9.15. The maximum Gasteiger partial charge on any atom is 0.259 e. The van der Waals surface area contributed by atoms with Crippen molar-refractivity contribution in [3.63, 3.8) is 0 Å². The number of aromatic nitrogens is 2. The number of nitrogens with zero attached hydrogens (tertiary/aromatic N) is 2. The van der Waals surface area contributed by atoms with Crippen LogP contribution in [0.3, 0.4) is 0 Å². The lowest BCUT2D eigenvalue weighted by atomic mass is 10.1. The summed E-state index contributed by atoms with van der Waals surface area (Å²) in [6, 6.07) is 6.14. The molecule has 0 bridgehead atoms. The van der Waals surface area contributed by atoms with Gasteiger partial charge in [0.1, 0.15) is 0 Å². The Morgan fingerprint density at radius 1 is 1.37 bits per heavy atom. The van der Waals surface area contributed by atoms with Crippen LogP contribution in [0.4, 0.5) is 5.69 Å². The third-order valence-electron chi connectivity index (χ3n) is 3.65. The molecule has 0 unspecified atom stereocenters. The van der Waals surface area contributed by atoms with Crippen molar-refractivity contribution < 1.29 is 4.79 Å². The predicted molar refractivity (Wildman–Crippen MR) is 74.4 cm³/mol. The number of carbonyl (C=O) groups is 1. The van der Waals surface area contributed by atoms with Crippen molar-refractivity contribution >= 4 is 11.6 Å². The largest absolute Gasteiger partial charge is 0.322 e. The van der Waals surface area contributed by atoms with E-state index in [-0.39, 0.29) is 5.91 Å². The number of aryl methyl sites for hydroxylation is 3. The molecule has 1 aromatic heterocycles. The van der Waals surface area contributed by atoms with Crippen LogP contribution in [-0.2, 0) is 19.9 Å². The number of rotatable bonds is 2. The minimum Gasteiger partial charge on any atom is -0.322 e. The maximum absolute atomic E-state index is 12.3. The summed E-state index contributed by atoms with van der Waals surface area (Å²) in [5, 5.41) is 7.22. The molecule has 3 rings (SSSR count). The van der Waals surface area contributed by atoms with E-state index in [1.54, 1.807) is 10.9 Å². The highest BCUT2D eigenvalue weighted by molar-refractivity contribution is 6.05. The first-order valence-corrected chi connectivity index (χ1v) is 6.57. The highest BCUT2D eigenvalue weighted by atomic mass is 16.1. The summed E-state index contributed by atoms with van der Waals surface area (Å²) in [5.41, 5.74) is 4.99. The number of nitrogens with one attached hydrogen (secondary N) is 1. The molecule has 0 atom stereocenters. The fourth-order valence-corrected chi connectivity index (χ4v) is 2.75. The zero-order valence-electron chi connectivity index (χ0n) is 11.2. The highest BCUT2D eigenvalue weighted by Crippen LogP contribution is 2.29. The van der Waals surface area contributed by atoms with Gasteiger partial charge in [0.2, 0.25) is 0 Å². The number of anilines is 1. The monoisotopic (exact) mass is 255 g/mol. The zero-order valence-corrected chi connectivity index (χ0v) is 11.2. The molecule has 1 amide bonds. The van der Waals surface area contributed by atoms with Crippen molar-refractivity contribution in [2.45, 2.75) is 26.2 Å². The van der Waals surface area contributed by atoms with Gasteiger partial charge in [-0.05, 0) is 43.4 Å². The Morgan fingerprint density at radius 3 is 2.95 bits per heavy atom. The van der Waals surface area contributed by atoms with E-state index in [0.717, 1.165) is 24.2 Å². The average molecular weight is 255 g/mol. The SMILES string of the molecule is Cc1nn(C)cc1C(=O)Nc1cccc2c1CCC2. The number of fused-ring (bicyclic) bond motifs is 1. The predicted octanol–water partition coefficient (Wildman–Crippen LogP) is 2.47. The van der Waals surface area contributed by atoms with Crippen molar-refractivity contribution in [2.75, 3.05) is 5.32 Å². The molecule has 0 fully saturated rings. The van der Waals surface area contributed by atoms with Gasteiger partial charge >= 0.3 is 0 Å². The second kappa shape index (κ2) is 4.53. The minimum absolute atomic E-state index is 0.0779. The van der Waals surface area contributed by atoms with Gasteiger partial charge in [-0.1, -0.05) is 12.1 Å². The number of carbonyl (C=O) groups excluding carboxylic acids is 1. The minimum atomic E-state index is -0.0779. The van der Waals surface area contributed by atoms with Gasteiger partial charge < -0.3 is 5.32 Å². The van der Waals surface area contributed by atoms with Crippen LogP contribution in [0, 0.1) is 6.92 Å². The summed E-state index contributed by atoms with van der Waals surface area (Å²) in [6.07, 6.45) is 5.10. The smallest absolute Gasteiger partial charge is 0.259 e. The van der Waals surface area contributed by atoms with Crippen LogP contribution in [0.5, 0.6) is 0 Å². The fraction of sp³-hybridized carbons (Fsp3) is 0.333. The lowest BCUT2D eigenvalue weighted by molar-refractivity contribution is 0.102. The number of hydrogen-bond donors (Lipinski definition) is 1. The molecule has 1 aliphatic rings. The van der Waals surface area contributed by atoms with Crippen molar-refractivity contribution in [3.05, 3.63) is 46.8 Å². The van der Waals surface area contributed by atoms with E-state index in [2.05, 4.69) is 16.5 Å². The standard InChI is InChI=1S/C15H17N3O/c1-10-13(9-18(2)17-10)15(19)16-14-8-4-6-11-5-3-7-12(11)14/h4,6,8-9H,3,5,7H2,1-2H3,(H,16,19). The molecule has 0 saturated heterocycles. The van der Waals surface area contributed by atoms with Crippen LogP contribution < -0.4 is 5.32 Å². The van der Waals surface area contributed by atoms with E-state index in [4.69, 9.17) is 0 Å². The van der Waals surface area contributed by atoms with Gasteiger partial charge in [-0.15, -0.1) is 0 Å². The van der Waals surface area contributed by atoms with Gasteiger partial charge in [0.05, 0.1) is 11.3 Å². The zero-order chi connectivity index (χ0) is 13.4. The topological polar surface area (TPSA) is 46.9 Å². The molecular formula is C15H17N3O. The van der Waals surface area contributed by atoms with Crippen LogP contribution in [0.1, 0.15) is 33.6 Å². The van der Waals surface area contributed by atoms with Crippen molar-refractivity contribution in [1.82, 2.24) is 9.78 Å². The maximum atomic E-state index is 12.3. The van der Waals surface area contributed by atoms with E-state index in [0.29, 0.717) is 5.56 Å². The van der Waals surface area contributed by atoms with E-state index in [9.17, 15) is 4.79 Å². The molecule has 0 spiro atoms. The summed E-state index contributed by atoms with van der Waals surface area (Å²) >= 11 is 0. The summed E-state index contributed by atoms with van der Waals surface area (Å²) in [4.78, 5) is 12.3. The molecule has 1 aliphatic carbocycles. The Kier molecular flexibility index (Phi) is 2.85. The van der Waals surface area contributed by atoms with E-state index < -0.39 is 0 Å². The normalized spacial score (nSPS) is 13.4. The molecule has 4 heteroatoms. The Labute approximate surface area is 112 Å². The molecule has 0 radical (unpaired) electrons. The van der Waals surface area contributed by atoms with Gasteiger partial charge in [-0.2, -0.15) is 5.10 Å². The summed E-state index contributed by atoms with van der Waals surface area (Å²) in [5.74, 6) is -0.0779. The molecule has 1 aromatic carbocycles. The van der Waals surface area contributed by atoms with Crippen LogP contribution in [0.2, 0.25) is 0 Å². The summed E-state index contributed by atoms with van der Waals surface area (Å²) in [6.45, 7) is 1.85. The third-order valence-corrected chi connectivity index (χ3v) is 3.65. The number of amides is 1. The fourth-order valence-electron chi connectivity index (χ4n) is 2.75. The van der Waals surface area contributed by atoms with Crippen molar-refractivity contribution in [3.8, 4) is 0 Å². The van der Waals surface area contributed by atoms with Gasteiger partial charge in [0.15, 0.2) is 0 Å². The molecule has 19 heavy (non-hydrogen) atoms. The summed E-state index contributed by atoms with van der Waals surface area (Å²) in [7, 11) is 1.82. The number of benzene rings is 1. The third kappa shape index (κ3) is 2.14. The number of hydrogen-bond acceptors (Lipinski definition) is 2. The molecular weight excluding hydrogens is 238 g/mol. The Balaban J connectivity index is 1.88. The Bertz CT molecular complexity index is 643. The molecule has 4 nitrogen and oxygen atoms in total. The highest BCUT2D eigenvalue weighted by Gasteiger charge is 2.18. The molecule has 0 saturated carbocycles. The molecule has 98 valence electrons. The molecule has 1 N–H and O–H groups in total. The average Bonchev–Trinajstić information content (AvgIpc) is 2.96. The van der Waals surface area contributed by atoms with Crippen LogP contribution in [0.15, 0.2) is 24.4 Å². The Hall–Kier alpha value is -2.10. The van der Waals surface area contributed by atoms with Gasteiger partial charge in [-0.25, -0.2) is 0 Å². The van der Waals surface area contributed by atoms with Gasteiger partial charge in [0.25, 0.3) is 5.91 Å². The molecule has 0 aliphatic heterocycles. The van der Waals surface area contributed by atoms with E-state index >= 15 is 0 Å². The second-order valence-corrected chi connectivity index (χ2v) is 5.05. The van der Waals surface area contributed by atoms with Crippen LogP contribution >= 0.6 is 0 Å². The van der Waals surface area contributed by atoms with Crippen molar-refractivity contribution in [1.29, 1.82) is 0 Å². The lowest BCUT2D eigenvalue weighted by Crippen LogP contribution is -2.13. The van der Waals surface area contributed by atoms with Gasteiger partial charge in [0, 0.05) is 18.9 Å². The first-order valence-electron chi connectivity index (χ1n) is 6.57. The van der Waals surface area contributed by atoms with Crippen molar-refractivity contribution in [2.24, 2.45) is 7.05 Å². The van der Waals surface area contributed by atoms with E-state index in [1.165, 1.54) is 17.5 Å². The quantitative estimate of drug-likeness (QED) is 0.896. The molecule has 2 aromatic rings. The van der Waals surface area contributed by atoms with Crippen LogP contribution in [0.25, 0.3) is 0 Å². The van der Waals surface area contributed by atoms with Crippen LogP contribution in [-0.4, -0.2) is 15.7 Å².